The lowest BCUT2D eigenvalue weighted by atomic mass is 9.89. The zero-order chi connectivity index (χ0) is 16.4. The molecule has 0 saturated heterocycles. The average molecular weight is 316 g/mol. The van der Waals surface area contributed by atoms with E-state index in [2.05, 4.69) is 12.2 Å². The van der Waals surface area contributed by atoms with Crippen LogP contribution in [0.3, 0.4) is 0 Å². The van der Waals surface area contributed by atoms with Crippen LogP contribution in [0, 0.1) is 0 Å². The molecular formula is C18H20O5. The van der Waals surface area contributed by atoms with Gasteiger partial charge in [0, 0.05) is 13.8 Å². The van der Waals surface area contributed by atoms with Crippen LogP contribution in [0.4, 0.5) is 0 Å². The average Bonchev–Trinajstić information content (AvgIpc) is 2.77. The molecule has 2 aliphatic rings. The third-order valence-corrected chi connectivity index (χ3v) is 4.22. The largest absolute Gasteiger partial charge is 0.461 e. The van der Waals surface area contributed by atoms with E-state index in [-0.39, 0.29) is 31.3 Å². The minimum atomic E-state index is -0.330. The Labute approximate surface area is 135 Å². The van der Waals surface area contributed by atoms with Crippen molar-refractivity contribution in [3.63, 3.8) is 0 Å². The maximum Gasteiger partial charge on any atom is 0.302 e. The molecule has 0 N–H and O–H groups in total. The fraction of sp³-hybridized carbons (Fsp3) is 0.444. The molecule has 5 heteroatoms. The van der Waals surface area contributed by atoms with E-state index in [1.165, 1.54) is 19.4 Å². The molecule has 1 aromatic carbocycles. The van der Waals surface area contributed by atoms with Gasteiger partial charge in [0.1, 0.15) is 13.2 Å². The van der Waals surface area contributed by atoms with Crippen molar-refractivity contribution < 1.29 is 23.8 Å². The van der Waals surface area contributed by atoms with Crippen LogP contribution in [0.2, 0.25) is 0 Å². The summed E-state index contributed by atoms with van der Waals surface area (Å²) in [6.45, 7) is 3.72. The first kappa shape index (κ1) is 15.7. The van der Waals surface area contributed by atoms with Crippen molar-refractivity contribution >= 4 is 11.9 Å². The molecule has 0 amide bonds. The number of hydrogen-bond donors (Lipinski definition) is 0. The molecule has 1 heterocycles. The lowest BCUT2D eigenvalue weighted by Gasteiger charge is -2.19. The first-order valence-corrected chi connectivity index (χ1v) is 7.76. The fourth-order valence-corrected chi connectivity index (χ4v) is 3.22. The smallest absolute Gasteiger partial charge is 0.302 e. The molecule has 0 radical (unpaired) electrons. The summed E-state index contributed by atoms with van der Waals surface area (Å²) < 4.78 is 16.3. The second kappa shape index (κ2) is 6.54. The maximum absolute atomic E-state index is 11.2. The van der Waals surface area contributed by atoms with Gasteiger partial charge in [-0.3, -0.25) is 9.59 Å². The van der Waals surface area contributed by atoms with E-state index in [1.807, 2.05) is 6.07 Å². The van der Waals surface area contributed by atoms with Gasteiger partial charge < -0.3 is 14.2 Å². The Morgan fingerprint density at radius 3 is 2.65 bits per heavy atom. The Morgan fingerprint density at radius 1 is 1.17 bits per heavy atom. The molecule has 3 rings (SSSR count). The lowest BCUT2D eigenvalue weighted by molar-refractivity contribution is -0.143. The van der Waals surface area contributed by atoms with Crippen molar-refractivity contribution in [2.45, 2.75) is 52.6 Å². The second-order valence-corrected chi connectivity index (χ2v) is 5.84. The van der Waals surface area contributed by atoms with Crippen LogP contribution in [0.5, 0.6) is 0 Å². The highest BCUT2D eigenvalue weighted by molar-refractivity contribution is 5.67. The lowest BCUT2D eigenvalue weighted by Crippen LogP contribution is -2.11. The van der Waals surface area contributed by atoms with Gasteiger partial charge in [0.05, 0.1) is 12.7 Å². The summed E-state index contributed by atoms with van der Waals surface area (Å²) >= 11 is 0. The highest BCUT2D eigenvalue weighted by Gasteiger charge is 2.30. The van der Waals surface area contributed by atoms with Crippen molar-refractivity contribution in [3.05, 3.63) is 46.0 Å². The number of allylic oxidation sites excluding steroid dienone is 1. The topological polar surface area (TPSA) is 61.8 Å². The summed E-state index contributed by atoms with van der Waals surface area (Å²) in [6.07, 6.45) is 5.94. The van der Waals surface area contributed by atoms with Crippen molar-refractivity contribution in [1.29, 1.82) is 0 Å². The fourth-order valence-electron chi connectivity index (χ4n) is 3.22. The SMILES string of the molecule is CC(=O)OCc1cc2c3c(c1COC(C)=O)CC=CCC3OC2. The molecule has 1 aliphatic heterocycles. The minimum absolute atomic E-state index is 0.0672. The predicted octanol–water partition coefficient (Wildman–Crippen LogP) is 2.89. The van der Waals surface area contributed by atoms with Gasteiger partial charge >= 0.3 is 11.9 Å². The van der Waals surface area contributed by atoms with Crippen LogP contribution in [-0.4, -0.2) is 11.9 Å². The molecule has 5 nitrogen and oxygen atoms in total. The van der Waals surface area contributed by atoms with Crippen LogP contribution < -0.4 is 0 Å². The van der Waals surface area contributed by atoms with Crippen LogP contribution in [-0.2, 0) is 50.0 Å². The number of carbonyl (C=O) groups is 2. The van der Waals surface area contributed by atoms with Crippen LogP contribution in [0.1, 0.15) is 54.2 Å². The van der Waals surface area contributed by atoms with Crippen molar-refractivity contribution in [1.82, 2.24) is 0 Å². The van der Waals surface area contributed by atoms with Crippen molar-refractivity contribution in [2.75, 3.05) is 0 Å². The van der Waals surface area contributed by atoms with Crippen molar-refractivity contribution in [2.24, 2.45) is 0 Å². The Bertz CT molecular complexity index is 674. The molecule has 0 aromatic heterocycles. The number of rotatable bonds is 4. The van der Waals surface area contributed by atoms with Gasteiger partial charge in [0.15, 0.2) is 0 Å². The van der Waals surface area contributed by atoms with E-state index in [9.17, 15) is 9.59 Å². The summed E-state index contributed by atoms with van der Waals surface area (Å²) in [4.78, 5) is 22.4. The van der Waals surface area contributed by atoms with Gasteiger partial charge in [-0.1, -0.05) is 12.2 Å². The molecule has 1 aromatic rings. The first-order chi connectivity index (χ1) is 11.1. The number of esters is 2. The predicted molar refractivity (Wildman–Crippen MR) is 82.4 cm³/mol. The Morgan fingerprint density at radius 2 is 1.91 bits per heavy atom. The summed E-state index contributed by atoms with van der Waals surface area (Å²) in [5, 5.41) is 0. The molecule has 0 saturated carbocycles. The Balaban J connectivity index is 2.04. The molecule has 1 atom stereocenters. The third kappa shape index (κ3) is 3.29. The molecule has 122 valence electrons. The zero-order valence-corrected chi connectivity index (χ0v) is 13.4. The van der Waals surface area contributed by atoms with Crippen LogP contribution in [0.25, 0.3) is 0 Å². The van der Waals surface area contributed by atoms with Crippen molar-refractivity contribution in [3.8, 4) is 0 Å². The Hall–Kier alpha value is -2.14. The molecule has 0 fully saturated rings. The maximum atomic E-state index is 11.2. The standard InChI is InChI=1S/C18H20O5/c1-11(19)21-8-13-7-14-9-23-17-6-4-3-5-15(18(14)17)16(13)10-22-12(2)20/h3-4,7,17H,5-6,8-10H2,1-2H3. The number of carbonyl (C=O) groups excluding carboxylic acids is 2. The second-order valence-electron chi connectivity index (χ2n) is 5.84. The number of ether oxygens (including phenoxy) is 3. The summed E-state index contributed by atoms with van der Waals surface area (Å²) in [6, 6.07) is 2.02. The summed E-state index contributed by atoms with van der Waals surface area (Å²) in [5.41, 5.74) is 5.31. The third-order valence-electron chi connectivity index (χ3n) is 4.22. The monoisotopic (exact) mass is 316 g/mol. The molecule has 0 spiro atoms. The summed E-state index contributed by atoms with van der Waals surface area (Å²) in [7, 11) is 0. The van der Waals surface area contributed by atoms with Gasteiger partial charge in [0.2, 0.25) is 0 Å². The van der Waals surface area contributed by atoms with Gasteiger partial charge in [-0.15, -0.1) is 0 Å². The highest BCUT2D eigenvalue weighted by atomic mass is 16.5. The molecule has 1 aliphatic carbocycles. The van der Waals surface area contributed by atoms with E-state index in [1.54, 1.807) is 0 Å². The van der Waals surface area contributed by atoms with E-state index >= 15 is 0 Å². The van der Waals surface area contributed by atoms with E-state index in [4.69, 9.17) is 14.2 Å². The van der Waals surface area contributed by atoms with E-state index in [0.717, 1.165) is 35.1 Å². The van der Waals surface area contributed by atoms with Gasteiger partial charge in [-0.2, -0.15) is 0 Å². The molecule has 0 bridgehead atoms. The molecular weight excluding hydrogens is 296 g/mol. The van der Waals surface area contributed by atoms with Crippen LogP contribution in [0.15, 0.2) is 18.2 Å². The minimum Gasteiger partial charge on any atom is -0.461 e. The van der Waals surface area contributed by atoms with Crippen LogP contribution >= 0.6 is 0 Å². The molecule has 1 unspecified atom stereocenters. The normalized spacial score (nSPS) is 18.3. The van der Waals surface area contributed by atoms with Gasteiger partial charge in [0.25, 0.3) is 0 Å². The summed E-state index contributed by atoms with van der Waals surface area (Å²) in [5.74, 6) is -0.656. The quantitative estimate of drug-likeness (QED) is 0.631. The first-order valence-electron chi connectivity index (χ1n) is 7.76. The Kier molecular flexibility index (Phi) is 4.48. The number of hydrogen-bond acceptors (Lipinski definition) is 5. The van der Waals surface area contributed by atoms with Gasteiger partial charge in [-0.05, 0) is 46.7 Å². The van der Waals surface area contributed by atoms with E-state index < -0.39 is 0 Å². The zero-order valence-electron chi connectivity index (χ0n) is 13.4. The molecule has 23 heavy (non-hydrogen) atoms. The highest BCUT2D eigenvalue weighted by Crippen LogP contribution is 2.41. The number of benzene rings is 1. The van der Waals surface area contributed by atoms with Gasteiger partial charge in [-0.25, -0.2) is 0 Å². The van der Waals surface area contributed by atoms with E-state index in [0.29, 0.717) is 6.61 Å².